The second-order valence-corrected chi connectivity index (χ2v) is 6.26. The number of halogens is 3. The first-order chi connectivity index (χ1) is 10.5. The van der Waals surface area contributed by atoms with Crippen molar-refractivity contribution in [2.75, 3.05) is 20.2 Å². The molecule has 0 saturated carbocycles. The summed E-state index contributed by atoms with van der Waals surface area (Å²) in [5, 5.41) is 10.5. The van der Waals surface area contributed by atoms with Crippen LogP contribution in [0.4, 0.5) is 18.9 Å². The van der Waals surface area contributed by atoms with E-state index in [1.54, 1.807) is 0 Å². The maximum absolute atomic E-state index is 12.1. The van der Waals surface area contributed by atoms with Gasteiger partial charge < -0.3 is 4.74 Å². The van der Waals surface area contributed by atoms with Crippen molar-refractivity contribution in [2.24, 2.45) is 0 Å². The molecule has 0 atom stereocenters. The molecule has 0 unspecified atom stereocenters. The Bertz CT molecular complexity index is 687. The number of benzene rings is 1. The Hall–Kier alpha value is -2.21. The summed E-state index contributed by atoms with van der Waals surface area (Å²) in [5.41, 5.74) is -0.314. The maximum atomic E-state index is 12.1. The van der Waals surface area contributed by atoms with E-state index in [1.807, 2.05) is 0 Å². The number of alkyl halides is 3. The van der Waals surface area contributed by atoms with E-state index in [9.17, 15) is 36.5 Å². The number of hydrogen-bond donors (Lipinski definition) is 0. The van der Waals surface area contributed by atoms with Gasteiger partial charge in [0.15, 0.2) is 0 Å². The van der Waals surface area contributed by atoms with Gasteiger partial charge in [-0.25, -0.2) is 13.2 Å². The van der Waals surface area contributed by atoms with Crippen molar-refractivity contribution >= 4 is 21.7 Å². The number of hydrogen-bond acceptors (Lipinski definition) is 6. The molecule has 12 heteroatoms. The van der Waals surface area contributed by atoms with Crippen LogP contribution in [0.25, 0.3) is 0 Å². The SMILES string of the molecule is CN(CCOC(=O)C(F)(F)F)S(=O)(=O)c1ccc([N+](=O)[O-])cc1. The molecule has 1 rings (SSSR count). The molecular formula is C11H11F3N2O6S. The number of likely N-dealkylation sites (N-methyl/N-ethyl adjacent to an activating group) is 1. The van der Waals surface area contributed by atoms with E-state index in [2.05, 4.69) is 4.74 Å². The highest BCUT2D eigenvalue weighted by atomic mass is 32.2. The first-order valence-electron chi connectivity index (χ1n) is 5.91. The number of ether oxygens (including phenoxy) is 1. The summed E-state index contributed by atoms with van der Waals surface area (Å²) < 4.78 is 64.5. The average molecular weight is 356 g/mol. The third kappa shape index (κ3) is 4.89. The van der Waals surface area contributed by atoms with Crippen LogP contribution in [0.2, 0.25) is 0 Å². The fourth-order valence-electron chi connectivity index (χ4n) is 1.39. The Morgan fingerprint density at radius 3 is 2.26 bits per heavy atom. The molecule has 23 heavy (non-hydrogen) atoms. The largest absolute Gasteiger partial charge is 0.490 e. The quantitative estimate of drug-likeness (QED) is 0.432. The van der Waals surface area contributed by atoms with E-state index in [0.717, 1.165) is 31.3 Å². The Balaban J connectivity index is 2.72. The molecule has 0 N–H and O–H groups in total. The summed E-state index contributed by atoms with van der Waals surface area (Å²) in [4.78, 5) is 20.0. The van der Waals surface area contributed by atoms with E-state index >= 15 is 0 Å². The fraction of sp³-hybridized carbons (Fsp3) is 0.364. The van der Waals surface area contributed by atoms with Crippen molar-refractivity contribution < 1.29 is 36.0 Å². The van der Waals surface area contributed by atoms with E-state index < -0.39 is 40.2 Å². The zero-order valence-corrected chi connectivity index (χ0v) is 12.4. The van der Waals surface area contributed by atoms with Crippen LogP contribution in [0.3, 0.4) is 0 Å². The van der Waals surface area contributed by atoms with E-state index in [1.165, 1.54) is 0 Å². The number of rotatable bonds is 6. The first kappa shape index (κ1) is 18.8. The highest BCUT2D eigenvalue weighted by molar-refractivity contribution is 7.89. The third-order valence-corrected chi connectivity index (χ3v) is 4.50. The Morgan fingerprint density at radius 2 is 1.83 bits per heavy atom. The van der Waals surface area contributed by atoms with Crippen LogP contribution >= 0.6 is 0 Å². The number of carbonyl (C=O) groups is 1. The predicted octanol–water partition coefficient (Wildman–Crippen LogP) is 1.32. The Labute approximate surface area is 128 Å². The van der Waals surface area contributed by atoms with E-state index in [-0.39, 0.29) is 10.6 Å². The lowest BCUT2D eigenvalue weighted by atomic mass is 10.3. The molecule has 0 aliphatic rings. The van der Waals surface area contributed by atoms with E-state index in [0.29, 0.717) is 4.31 Å². The van der Waals surface area contributed by atoms with Gasteiger partial charge in [-0.1, -0.05) is 0 Å². The van der Waals surface area contributed by atoms with Gasteiger partial charge in [-0.2, -0.15) is 17.5 Å². The smallest absolute Gasteiger partial charge is 0.458 e. The molecule has 0 heterocycles. The number of carbonyl (C=O) groups excluding carboxylic acids is 1. The van der Waals surface area contributed by atoms with Crippen LogP contribution in [-0.4, -0.2) is 50.0 Å². The molecule has 0 aliphatic carbocycles. The van der Waals surface area contributed by atoms with Gasteiger partial charge in [0.1, 0.15) is 6.61 Å². The molecule has 1 aromatic rings. The topological polar surface area (TPSA) is 107 Å². The highest BCUT2D eigenvalue weighted by Crippen LogP contribution is 2.19. The van der Waals surface area contributed by atoms with Gasteiger partial charge >= 0.3 is 12.1 Å². The average Bonchev–Trinajstić information content (AvgIpc) is 2.45. The lowest BCUT2D eigenvalue weighted by molar-refractivity contribution is -0.384. The van der Waals surface area contributed by atoms with Crippen molar-refractivity contribution in [3.63, 3.8) is 0 Å². The first-order valence-corrected chi connectivity index (χ1v) is 7.35. The number of sulfonamides is 1. The van der Waals surface area contributed by atoms with Crippen LogP contribution in [0.15, 0.2) is 29.2 Å². The van der Waals surface area contributed by atoms with Gasteiger partial charge in [0.05, 0.1) is 9.82 Å². The Morgan fingerprint density at radius 1 is 1.30 bits per heavy atom. The highest BCUT2D eigenvalue weighted by Gasteiger charge is 2.40. The Kier molecular flexibility index (Phi) is 5.66. The molecule has 0 saturated heterocycles. The van der Waals surface area contributed by atoms with Gasteiger partial charge in [0, 0.05) is 25.7 Å². The fourth-order valence-corrected chi connectivity index (χ4v) is 2.54. The molecule has 0 fully saturated rings. The summed E-state index contributed by atoms with van der Waals surface area (Å²) in [6.45, 7) is -1.30. The molecule has 1 aromatic carbocycles. The second-order valence-electron chi connectivity index (χ2n) is 4.21. The molecule has 0 aliphatic heterocycles. The molecule has 0 radical (unpaired) electrons. The molecule has 0 aromatic heterocycles. The third-order valence-electron chi connectivity index (χ3n) is 2.63. The minimum Gasteiger partial charge on any atom is -0.458 e. The van der Waals surface area contributed by atoms with Gasteiger partial charge in [-0.3, -0.25) is 10.1 Å². The summed E-state index contributed by atoms with van der Waals surface area (Å²) in [6, 6.07) is 3.94. The summed E-state index contributed by atoms with van der Waals surface area (Å²) in [5.74, 6) is -2.42. The van der Waals surface area contributed by atoms with Crippen LogP contribution in [-0.2, 0) is 19.6 Å². The number of esters is 1. The van der Waals surface area contributed by atoms with Crippen molar-refractivity contribution in [3.8, 4) is 0 Å². The predicted molar refractivity (Wildman–Crippen MR) is 69.9 cm³/mol. The molecular weight excluding hydrogens is 345 g/mol. The number of nitro benzene ring substituents is 1. The maximum Gasteiger partial charge on any atom is 0.490 e. The molecule has 0 bridgehead atoms. The lowest BCUT2D eigenvalue weighted by Crippen LogP contribution is -2.33. The number of nitrogens with zero attached hydrogens (tertiary/aromatic N) is 2. The van der Waals surface area contributed by atoms with Crippen molar-refractivity contribution in [1.82, 2.24) is 4.31 Å². The summed E-state index contributed by atoms with van der Waals surface area (Å²) in [6.07, 6.45) is -5.16. The van der Waals surface area contributed by atoms with Gasteiger partial charge in [-0.15, -0.1) is 0 Å². The van der Waals surface area contributed by atoms with Crippen molar-refractivity contribution in [2.45, 2.75) is 11.1 Å². The van der Waals surface area contributed by atoms with Crippen LogP contribution in [0, 0.1) is 10.1 Å². The zero-order valence-electron chi connectivity index (χ0n) is 11.6. The normalized spacial score (nSPS) is 12.2. The van der Waals surface area contributed by atoms with Crippen LogP contribution in [0.5, 0.6) is 0 Å². The van der Waals surface area contributed by atoms with Gasteiger partial charge in [-0.05, 0) is 12.1 Å². The molecule has 128 valence electrons. The monoisotopic (exact) mass is 356 g/mol. The standard InChI is InChI=1S/C11H11F3N2O6S/c1-15(6-7-22-10(17)11(12,13)14)23(20,21)9-4-2-8(3-5-9)16(18)19/h2-5H,6-7H2,1H3. The van der Waals surface area contributed by atoms with Crippen LogP contribution < -0.4 is 0 Å². The van der Waals surface area contributed by atoms with E-state index in [4.69, 9.17) is 0 Å². The number of nitro groups is 1. The summed E-state index contributed by atoms with van der Waals surface area (Å²) >= 11 is 0. The van der Waals surface area contributed by atoms with Crippen molar-refractivity contribution in [1.29, 1.82) is 0 Å². The molecule has 8 nitrogen and oxygen atoms in total. The van der Waals surface area contributed by atoms with Crippen molar-refractivity contribution in [3.05, 3.63) is 34.4 Å². The lowest BCUT2D eigenvalue weighted by Gasteiger charge is -2.17. The van der Waals surface area contributed by atoms with Gasteiger partial charge in [0.2, 0.25) is 10.0 Å². The minimum absolute atomic E-state index is 0.284. The summed E-state index contributed by atoms with van der Waals surface area (Å²) in [7, 11) is -3.01. The molecule has 0 amide bonds. The van der Waals surface area contributed by atoms with Gasteiger partial charge in [0.25, 0.3) is 5.69 Å². The second kappa shape index (κ2) is 6.91. The minimum atomic E-state index is -5.16. The molecule has 0 spiro atoms. The number of non-ortho nitro benzene ring substituents is 1. The zero-order chi connectivity index (χ0) is 17.8. The van der Waals surface area contributed by atoms with Crippen LogP contribution in [0.1, 0.15) is 0 Å².